The summed E-state index contributed by atoms with van der Waals surface area (Å²) in [5.74, 6) is -0.619. The van der Waals surface area contributed by atoms with Crippen LogP contribution in [0.2, 0.25) is 5.02 Å². The fourth-order valence-electron chi connectivity index (χ4n) is 1.37. The molecule has 0 aliphatic carbocycles. The Balaban J connectivity index is 2.47. The number of ether oxygens (including phenoxy) is 1. The van der Waals surface area contributed by atoms with Crippen molar-refractivity contribution in [2.24, 2.45) is 0 Å². The highest BCUT2D eigenvalue weighted by Gasteiger charge is 2.27. The lowest BCUT2D eigenvalue weighted by Crippen LogP contribution is -2.36. The van der Waals surface area contributed by atoms with E-state index in [1.54, 1.807) is 30.6 Å². The second-order valence-corrected chi connectivity index (χ2v) is 4.38. The highest BCUT2D eigenvalue weighted by atomic mass is 35.5. The molecule has 112 valence electrons. The first-order chi connectivity index (χ1) is 9.31. The highest BCUT2D eigenvalue weighted by molar-refractivity contribution is 6.32. The van der Waals surface area contributed by atoms with Crippen molar-refractivity contribution in [1.82, 2.24) is 10.6 Å². The highest BCUT2D eigenvalue weighted by Crippen LogP contribution is 2.25. The smallest absolute Gasteiger partial charge is 0.405 e. The maximum absolute atomic E-state index is 11.9. The first-order valence-electron chi connectivity index (χ1n) is 5.71. The van der Waals surface area contributed by atoms with Gasteiger partial charge in [0, 0.05) is 6.54 Å². The van der Waals surface area contributed by atoms with Gasteiger partial charge in [-0.15, -0.1) is 0 Å². The molecule has 0 aliphatic heterocycles. The van der Waals surface area contributed by atoms with Gasteiger partial charge < -0.3 is 15.4 Å². The van der Waals surface area contributed by atoms with Gasteiger partial charge in [0.1, 0.15) is 12.3 Å². The van der Waals surface area contributed by atoms with Crippen LogP contribution in [0.15, 0.2) is 18.2 Å². The minimum Gasteiger partial charge on any atom is -0.482 e. The van der Waals surface area contributed by atoms with Gasteiger partial charge in [-0.3, -0.25) is 4.79 Å². The second kappa shape index (κ2) is 7.35. The van der Waals surface area contributed by atoms with Crippen molar-refractivity contribution in [3.8, 4) is 5.75 Å². The minimum absolute atomic E-state index is 0.244. The van der Waals surface area contributed by atoms with E-state index in [1.165, 1.54) is 0 Å². The van der Waals surface area contributed by atoms with Crippen molar-refractivity contribution in [3.63, 3.8) is 0 Å². The lowest BCUT2D eigenvalue weighted by molar-refractivity contribution is -0.139. The van der Waals surface area contributed by atoms with Crippen LogP contribution >= 0.6 is 11.6 Å². The van der Waals surface area contributed by atoms with Gasteiger partial charge in [0.25, 0.3) is 5.91 Å². The number of nitrogens with one attached hydrogen (secondary N) is 2. The van der Waals surface area contributed by atoms with Crippen LogP contribution in [-0.4, -0.2) is 32.3 Å². The Morgan fingerprint density at radius 2 is 2.10 bits per heavy atom. The predicted molar refractivity (Wildman–Crippen MR) is 68.8 cm³/mol. The van der Waals surface area contributed by atoms with Gasteiger partial charge in [-0.2, -0.15) is 13.2 Å². The first-order valence-corrected chi connectivity index (χ1v) is 6.09. The number of rotatable bonds is 6. The SMILES string of the molecule is CNCc1ccc(OCC(=O)NCC(F)(F)F)c(Cl)c1. The van der Waals surface area contributed by atoms with E-state index in [0.29, 0.717) is 11.6 Å². The molecule has 0 fully saturated rings. The maximum atomic E-state index is 11.9. The first kappa shape index (κ1) is 16.6. The number of benzene rings is 1. The molecule has 0 unspecified atom stereocenters. The molecule has 8 heteroatoms. The lowest BCUT2D eigenvalue weighted by atomic mass is 10.2. The van der Waals surface area contributed by atoms with Crippen molar-refractivity contribution in [2.45, 2.75) is 12.7 Å². The van der Waals surface area contributed by atoms with Crippen molar-refractivity contribution in [3.05, 3.63) is 28.8 Å². The molecule has 0 atom stereocenters. The predicted octanol–water partition coefficient (Wildman–Crippen LogP) is 2.12. The van der Waals surface area contributed by atoms with Gasteiger partial charge >= 0.3 is 6.18 Å². The molecule has 0 aromatic heterocycles. The molecule has 0 bridgehead atoms. The van der Waals surface area contributed by atoms with Crippen LogP contribution in [0.4, 0.5) is 13.2 Å². The Kier molecular flexibility index (Phi) is 6.09. The second-order valence-electron chi connectivity index (χ2n) is 3.98. The fraction of sp³-hybridized carbons (Fsp3) is 0.417. The number of carbonyl (C=O) groups is 1. The van der Waals surface area contributed by atoms with Crippen LogP contribution in [0.25, 0.3) is 0 Å². The molecule has 1 aromatic rings. The van der Waals surface area contributed by atoms with Crippen molar-refractivity contribution < 1.29 is 22.7 Å². The molecule has 0 radical (unpaired) electrons. The zero-order valence-corrected chi connectivity index (χ0v) is 11.4. The Morgan fingerprint density at radius 3 is 2.65 bits per heavy atom. The molecule has 2 N–H and O–H groups in total. The third-order valence-corrected chi connectivity index (χ3v) is 2.52. The van der Waals surface area contributed by atoms with Gasteiger partial charge in [0.2, 0.25) is 0 Å². The number of alkyl halides is 3. The normalized spacial score (nSPS) is 11.2. The van der Waals surface area contributed by atoms with E-state index in [9.17, 15) is 18.0 Å². The van der Waals surface area contributed by atoms with E-state index >= 15 is 0 Å². The number of hydrogen-bond acceptors (Lipinski definition) is 3. The molecule has 1 rings (SSSR count). The summed E-state index contributed by atoms with van der Waals surface area (Å²) in [6.07, 6.45) is -4.44. The van der Waals surface area contributed by atoms with Gasteiger partial charge in [-0.1, -0.05) is 17.7 Å². The quantitative estimate of drug-likeness (QED) is 0.846. The topological polar surface area (TPSA) is 50.4 Å². The largest absolute Gasteiger partial charge is 0.482 e. The number of amides is 1. The molecule has 0 heterocycles. The Hall–Kier alpha value is -1.47. The molecular formula is C12H14ClF3N2O2. The summed E-state index contributed by atoms with van der Waals surface area (Å²) in [6.45, 7) is -1.29. The van der Waals surface area contributed by atoms with Crippen LogP contribution < -0.4 is 15.4 Å². The Morgan fingerprint density at radius 1 is 1.40 bits per heavy atom. The molecule has 1 amide bonds. The van der Waals surface area contributed by atoms with E-state index in [-0.39, 0.29) is 5.75 Å². The van der Waals surface area contributed by atoms with Crippen LogP contribution in [0, 0.1) is 0 Å². The van der Waals surface area contributed by atoms with Crippen molar-refractivity contribution in [2.75, 3.05) is 20.2 Å². The fourth-order valence-corrected chi connectivity index (χ4v) is 1.63. The molecule has 0 saturated heterocycles. The third-order valence-electron chi connectivity index (χ3n) is 2.22. The van der Waals surface area contributed by atoms with Gasteiger partial charge in [0.05, 0.1) is 5.02 Å². The van der Waals surface area contributed by atoms with Gasteiger partial charge in [0.15, 0.2) is 6.61 Å². The molecule has 0 aliphatic rings. The van der Waals surface area contributed by atoms with E-state index < -0.39 is 25.2 Å². The minimum atomic E-state index is -4.44. The van der Waals surface area contributed by atoms with E-state index in [0.717, 1.165) is 5.56 Å². The van der Waals surface area contributed by atoms with E-state index in [2.05, 4.69) is 5.32 Å². The van der Waals surface area contributed by atoms with Crippen LogP contribution in [0.5, 0.6) is 5.75 Å². The zero-order chi connectivity index (χ0) is 15.2. The summed E-state index contributed by atoms with van der Waals surface area (Å²) < 4.78 is 40.7. The zero-order valence-electron chi connectivity index (χ0n) is 10.7. The van der Waals surface area contributed by atoms with Gasteiger partial charge in [-0.25, -0.2) is 0 Å². The summed E-state index contributed by atoms with van der Waals surface area (Å²) in [4.78, 5) is 11.2. The molecule has 1 aromatic carbocycles. The summed E-state index contributed by atoms with van der Waals surface area (Å²) in [5.41, 5.74) is 0.923. The van der Waals surface area contributed by atoms with Crippen LogP contribution in [0.1, 0.15) is 5.56 Å². The summed E-state index contributed by atoms with van der Waals surface area (Å²) in [7, 11) is 1.78. The molecule has 0 spiro atoms. The van der Waals surface area contributed by atoms with Gasteiger partial charge in [-0.05, 0) is 24.7 Å². The van der Waals surface area contributed by atoms with Crippen molar-refractivity contribution >= 4 is 17.5 Å². The summed E-state index contributed by atoms with van der Waals surface area (Å²) in [5, 5.41) is 4.94. The summed E-state index contributed by atoms with van der Waals surface area (Å²) >= 11 is 5.93. The lowest BCUT2D eigenvalue weighted by Gasteiger charge is -2.11. The van der Waals surface area contributed by atoms with E-state index in [4.69, 9.17) is 16.3 Å². The standard InChI is InChI=1S/C12H14ClF3N2O2/c1-17-5-8-2-3-10(9(13)4-8)20-6-11(19)18-7-12(14,15)16/h2-4,17H,5-7H2,1H3,(H,18,19). The van der Waals surface area contributed by atoms with Crippen LogP contribution in [0.3, 0.4) is 0 Å². The number of hydrogen-bond donors (Lipinski definition) is 2. The summed E-state index contributed by atoms with van der Waals surface area (Å²) in [6, 6.07) is 4.96. The van der Waals surface area contributed by atoms with Crippen LogP contribution in [-0.2, 0) is 11.3 Å². The number of halogens is 4. The Labute approximate surface area is 119 Å². The average molecular weight is 311 g/mol. The molecular weight excluding hydrogens is 297 g/mol. The third kappa shape index (κ3) is 6.12. The maximum Gasteiger partial charge on any atom is 0.405 e. The number of carbonyl (C=O) groups excluding carboxylic acids is 1. The monoisotopic (exact) mass is 310 g/mol. The van der Waals surface area contributed by atoms with E-state index in [1.807, 2.05) is 0 Å². The average Bonchev–Trinajstić information content (AvgIpc) is 2.35. The molecule has 4 nitrogen and oxygen atoms in total. The Bertz CT molecular complexity index is 467. The van der Waals surface area contributed by atoms with Crippen molar-refractivity contribution in [1.29, 1.82) is 0 Å². The molecule has 20 heavy (non-hydrogen) atoms. The molecule has 0 saturated carbocycles.